The predicted octanol–water partition coefficient (Wildman–Crippen LogP) is 2.94. The summed E-state index contributed by atoms with van der Waals surface area (Å²) in [6, 6.07) is 0. The summed E-state index contributed by atoms with van der Waals surface area (Å²) < 4.78 is 0. The Labute approximate surface area is 59.7 Å². The summed E-state index contributed by atoms with van der Waals surface area (Å²) in [5.74, 6) is 2.24. The van der Waals surface area contributed by atoms with E-state index in [1.54, 1.807) is 0 Å². The van der Waals surface area contributed by atoms with Gasteiger partial charge in [0.1, 0.15) is 0 Å². The first-order valence-electron chi connectivity index (χ1n) is 3.88. The zero-order chi connectivity index (χ0) is 7.33. The van der Waals surface area contributed by atoms with Crippen molar-refractivity contribution in [2.75, 3.05) is 18.5 Å². The summed E-state index contributed by atoms with van der Waals surface area (Å²) in [4.78, 5) is 0. The third kappa shape index (κ3) is 2.10. The van der Waals surface area contributed by atoms with Crippen molar-refractivity contribution in [3.8, 4) is 0 Å². The molecule has 0 rings (SSSR count). The fourth-order valence-corrected chi connectivity index (χ4v) is 3.55. The van der Waals surface area contributed by atoms with Gasteiger partial charge >= 0.3 is 58.9 Å². The van der Waals surface area contributed by atoms with E-state index in [9.17, 15) is 0 Å². The maximum absolute atomic E-state index is 3.91. The van der Waals surface area contributed by atoms with Gasteiger partial charge in [0.2, 0.25) is 0 Å². The van der Waals surface area contributed by atoms with Crippen molar-refractivity contribution in [2.45, 2.75) is 20.8 Å². The molecule has 0 unspecified atom stereocenters. The van der Waals surface area contributed by atoms with E-state index in [4.69, 9.17) is 0 Å². The monoisotopic (exact) mass is 146 g/mol. The van der Waals surface area contributed by atoms with E-state index in [1.807, 2.05) is 0 Å². The zero-order valence-corrected chi connectivity index (χ0v) is 7.91. The van der Waals surface area contributed by atoms with Gasteiger partial charge in [0, 0.05) is 0 Å². The minimum atomic E-state index is -0.927. The van der Waals surface area contributed by atoms with Crippen LogP contribution in [0.15, 0.2) is 12.4 Å². The van der Waals surface area contributed by atoms with Crippen LogP contribution in [-0.2, 0) is 0 Å². The van der Waals surface area contributed by atoms with Gasteiger partial charge in [0.05, 0.1) is 0 Å². The molecule has 0 aliphatic carbocycles. The van der Waals surface area contributed by atoms with Crippen molar-refractivity contribution in [3.63, 3.8) is 0 Å². The second kappa shape index (κ2) is 4.06. The van der Waals surface area contributed by atoms with Gasteiger partial charge in [-0.3, -0.25) is 0 Å². The molecule has 0 aromatic carbocycles. The molecule has 0 saturated carbocycles. The van der Waals surface area contributed by atoms with E-state index in [-0.39, 0.29) is 0 Å². The van der Waals surface area contributed by atoms with Crippen molar-refractivity contribution in [1.82, 2.24) is 0 Å². The molecule has 0 fully saturated rings. The fraction of sp³-hybridized carbons (Fsp3) is 0.750. The molecular weight excluding hydrogens is 127 g/mol. The Hall–Kier alpha value is 0.170. The molecule has 0 heterocycles. The molecule has 0 atom stereocenters. The Bertz CT molecular complexity index is 74.3. The minimum absolute atomic E-state index is 0.927. The summed E-state index contributed by atoms with van der Waals surface area (Å²) >= 11 is 0. The molecular formula is C8H19P. The van der Waals surface area contributed by atoms with Gasteiger partial charge < -0.3 is 0 Å². The van der Waals surface area contributed by atoms with Crippen LogP contribution in [0.2, 0.25) is 0 Å². The number of rotatable bonds is 4. The summed E-state index contributed by atoms with van der Waals surface area (Å²) in [6.07, 6.45) is 4.09. The summed E-state index contributed by atoms with van der Waals surface area (Å²) in [5, 5.41) is 0. The van der Waals surface area contributed by atoms with Gasteiger partial charge in [-0.15, -0.1) is 0 Å². The number of hydrogen-bond donors (Lipinski definition) is 0. The van der Waals surface area contributed by atoms with Crippen molar-refractivity contribution >= 4 is 7.26 Å². The first-order valence-corrected chi connectivity index (χ1v) is 6.58. The van der Waals surface area contributed by atoms with Crippen LogP contribution >= 0.6 is 7.26 Å². The van der Waals surface area contributed by atoms with Crippen LogP contribution in [0.1, 0.15) is 20.8 Å². The zero-order valence-electron chi connectivity index (χ0n) is 6.91. The van der Waals surface area contributed by atoms with Crippen LogP contribution in [0.5, 0.6) is 0 Å². The van der Waals surface area contributed by atoms with E-state index in [1.165, 1.54) is 18.5 Å². The molecule has 0 bridgehead atoms. The molecule has 0 amide bonds. The van der Waals surface area contributed by atoms with Gasteiger partial charge in [-0.2, -0.15) is 0 Å². The average molecular weight is 146 g/mol. The van der Waals surface area contributed by atoms with E-state index in [0.717, 1.165) is 0 Å². The van der Waals surface area contributed by atoms with Crippen LogP contribution in [0.3, 0.4) is 0 Å². The molecule has 0 nitrogen and oxygen atoms in total. The van der Waals surface area contributed by atoms with E-state index in [0.29, 0.717) is 0 Å². The van der Waals surface area contributed by atoms with E-state index >= 15 is 0 Å². The summed E-state index contributed by atoms with van der Waals surface area (Å²) in [5.41, 5.74) is 0. The van der Waals surface area contributed by atoms with Crippen molar-refractivity contribution in [1.29, 1.82) is 0 Å². The van der Waals surface area contributed by atoms with Gasteiger partial charge in [-0.05, 0) is 0 Å². The Morgan fingerprint density at radius 2 is 1.44 bits per heavy atom. The molecule has 0 saturated heterocycles. The summed E-state index contributed by atoms with van der Waals surface area (Å²) in [7, 11) is -0.927. The average Bonchev–Trinajstić information content (AvgIpc) is 1.95. The van der Waals surface area contributed by atoms with Crippen molar-refractivity contribution in [3.05, 3.63) is 12.4 Å². The Morgan fingerprint density at radius 1 is 1.11 bits per heavy atom. The maximum atomic E-state index is 3.91. The molecule has 0 aromatic rings. The Balaban J connectivity index is 3.98. The quantitative estimate of drug-likeness (QED) is 0.535. The molecule has 0 N–H and O–H groups in total. The molecule has 0 aliphatic heterocycles. The SMILES string of the molecule is C=C[PH](CC)(CC)CC. The first kappa shape index (κ1) is 9.17. The second-order valence-electron chi connectivity index (χ2n) is 2.63. The van der Waals surface area contributed by atoms with E-state index < -0.39 is 7.26 Å². The molecule has 56 valence electrons. The van der Waals surface area contributed by atoms with Crippen LogP contribution in [0.4, 0.5) is 0 Å². The standard InChI is InChI=1S/C8H19P/c1-5-9(6-2,7-3)8-4/h5,9H,1,6-8H2,2-4H3. The Morgan fingerprint density at radius 3 is 1.44 bits per heavy atom. The van der Waals surface area contributed by atoms with Gasteiger partial charge in [-0.1, -0.05) is 0 Å². The van der Waals surface area contributed by atoms with Crippen molar-refractivity contribution < 1.29 is 0 Å². The summed E-state index contributed by atoms with van der Waals surface area (Å²) in [6.45, 7) is 10.8. The normalized spacial score (nSPS) is 13.2. The second-order valence-corrected chi connectivity index (χ2v) is 7.88. The van der Waals surface area contributed by atoms with Crippen LogP contribution < -0.4 is 0 Å². The first-order chi connectivity index (χ1) is 4.24. The third-order valence-electron chi connectivity index (χ3n) is 2.55. The molecule has 9 heavy (non-hydrogen) atoms. The predicted molar refractivity (Wildman–Crippen MR) is 50.1 cm³/mol. The molecule has 0 radical (unpaired) electrons. The molecule has 0 aromatic heterocycles. The van der Waals surface area contributed by atoms with Gasteiger partial charge in [0.15, 0.2) is 0 Å². The number of hydrogen-bond acceptors (Lipinski definition) is 0. The topological polar surface area (TPSA) is 0 Å². The molecule has 0 aliphatic rings. The molecule has 1 heteroatoms. The van der Waals surface area contributed by atoms with Crippen molar-refractivity contribution in [2.24, 2.45) is 0 Å². The Kier molecular flexibility index (Phi) is 4.14. The molecule has 0 spiro atoms. The van der Waals surface area contributed by atoms with Gasteiger partial charge in [-0.25, -0.2) is 0 Å². The van der Waals surface area contributed by atoms with Crippen LogP contribution in [-0.4, -0.2) is 18.5 Å². The van der Waals surface area contributed by atoms with Gasteiger partial charge in [0.25, 0.3) is 0 Å². The van der Waals surface area contributed by atoms with Crippen LogP contribution in [0.25, 0.3) is 0 Å². The fourth-order valence-electron chi connectivity index (χ4n) is 1.18. The van der Waals surface area contributed by atoms with Crippen LogP contribution in [0, 0.1) is 0 Å². The van der Waals surface area contributed by atoms with E-state index in [2.05, 4.69) is 33.2 Å². The third-order valence-corrected chi connectivity index (χ3v) is 7.64.